The first-order valence-corrected chi connectivity index (χ1v) is 7.41. The molecule has 1 aliphatic heterocycles. The maximum Gasteiger partial charge on any atom is 0.416 e. The van der Waals surface area contributed by atoms with E-state index >= 15 is 0 Å². The maximum absolute atomic E-state index is 12.8. The Hall–Kier alpha value is -1.27. The highest BCUT2D eigenvalue weighted by Gasteiger charge is 2.32. The van der Waals surface area contributed by atoms with E-state index in [-0.39, 0.29) is 29.1 Å². The molecule has 1 unspecified atom stereocenters. The molecule has 22 heavy (non-hydrogen) atoms. The summed E-state index contributed by atoms with van der Waals surface area (Å²) < 4.78 is 43.8. The lowest BCUT2D eigenvalue weighted by Crippen LogP contribution is -2.32. The number of amides is 1. The van der Waals surface area contributed by atoms with E-state index in [4.69, 9.17) is 16.3 Å². The highest BCUT2D eigenvalue weighted by Crippen LogP contribution is 2.35. The number of ether oxygens (including phenoxy) is 1. The lowest BCUT2D eigenvalue weighted by atomic mass is 10.1. The molecule has 2 rings (SSSR count). The lowest BCUT2D eigenvalue weighted by Gasteiger charge is -2.25. The van der Waals surface area contributed by atoms with Crippen LogP contribution in [0.2, 0.25) is 5.02 Å². The average Bonchev–Trinajstić information content (AvgIpc) is 2.46. The van der Waals surface area contributed by atoms with Crippen molar-refractivity contribution in [2.45, 2.75) is 38.0 Å². The summed E-state index contributed by atoms with van der Waals surface area (Å²) in [6.45, 7) is 0.617. The fourth-order valence-electron chi connectivity index (χ4n) is 2.38. The van der Waals surface area contributed by atoms with Crippen molar-refractivity contribution < 1.29 is 22.7 Å². The minimum absolute atomic E-state index is 0.0531. The van der Waals surface area contributed by atoms with Crippen molar-refractivity contribution in [3.63, 3.8) is 0 Å². The Kier molecular flexibility index (Phi) is 5.34. The Balaban J connectivity index is 2.13. The van der Waals surface area contributed by atoms with Crippen LogP contribution in [0.4, 0.5) is 18.9 Å². The van der Waals surface area contributed by atoms with Gasteiger partial charge < -0.3 is 9.64 Å². The number of anilines is 1. The molecule has 1 aliphatic rings. The van der Waals surface area contributed by atoms with E-state index in [1.165, 1.54) is 7.05 Å². The van der Waals surface area contributed by atoms with Crippen LogP contribution >= 0.6 is 11.6 Å². The maximum atomic E-state index is 12.8. The number of hydrogen-bond donors (Lipinski definition) is 0. The molecular weight excluding hydrogens is 319 g/mol. The summed E-state index contributed by atoms with van der Waals surface area (Å²) in [7, 11) is 1.42. The van der Waals surface area contributed by atoms with Gasteiger partial charge in [-0.25, -0.2) is 0 Å². The molecule has 1 aromatic rings. The van der Waals surface area contributed by atoms with Crippen molar-refractivity contribution in [3.8, 4) is 0 Å². The van der Waals surface area contributed by atoms with E-state index in [9.17, 15) is 18.0 Å². The van der Waals surface area contributed by atoms with Gasteiger partial charge in [-0.15, -0.1) is 0 Å². The van der Waals surface area contributed by atoms with Gasteiger partial charge in [-0.05, 0) is 37.5 Å². The Bertz CT molecular complexity index is 542. The largest absolute Gasteiger partial charge is 0.416 e. The molecule has 122 valence electrons. The van der Waals surface area contributed by atoms with Crippen molar-refractivity contribution >= 4 is 23.2 Å². The van der Waals surface area contributed by atoms with Crippen LogP contribution in [0.25, 0.3) is 0 Å². The molecule has 0 aromatic heterocycles. The summed E-state index contributed by atoms with van der Waals surface area (Å²) in [5.74, 6) is -0.312. The van der Waals surface area contributed by atoms with Gasteiger partial charge in [0.15, 0.2) is 0 Å². The van der Waals surface area contributed by atoms with Crippen LogP contribution in [0.5, 0.6) is 0 Å². The number of benzene rings is 1. The molecule has 1 amide bonds. The summed E-state index contributed by atoms with van der Waals surface area (Å²) in [4.78, 5) is 13.4. The normalized spacial score (nSPS) is 19.0. The molecule has 0 saturated carbocycles. The van der Waals surface area contributed by atoms with Crippen molar-refractivity contribution in [2.24, 2.45) is 0 Å². The van der Waals surface area contributed by atoms with Crippen molar-refractivity contribution in [2.75, 3.05) is 18.6 Å². The summed E-state index contributed by atoms with van der Waals surface area (Å²) in [6.07, 6.45) is -1.76. The van der Waals surface area contributed by atoms with Crippen molar-refractivity contribution in [1.29, 1.82) is 0 Å². The van der Waals surface area contributed by atoms with E-state index in [2.05, 4.69) is 0 Å². The molecule has 1 aromatic carbocycles. The van der Waals surface area contributed by atoms with E-state index in [0.29, 0.717) is 6.61 Å². The second kappa shape index (κ2) is 6.87. The molecule has 0 aliphatic carbocycles. The first kappa shape index (κ1) is 17.1. The molecule has 7 heteroatoms. The third kappa shape index (κ3) is 4.14. The number of carbonyl (C=O) groups is 1. The number of rotatable bonds is 3. The second-order valence-corrected chi connectivity index (χ2v) is 5.72. The molecule has 1 saturated heterocycles. The SMILES string of the molecule is CN(C(=O)CC1CCCCO1)c1cc(C(F)(F)F)ccc1Cl. The highest BCUT2D eigenvalue weighted by atomic mass is 35.5. The molecule has 1 atom stereocenters. The van der Waals surface area contributed by atoms with Gasteiger partial charge >= 0.3 is 6.18 Å². The summed E-state index contributed by atoms with van der Waals surface area (Å²) in [5.41, 5.74) is -0.780. The zero-order valence-electron chi connectivity index (χ0n) is 12.1. The lowest BCUT2D eigenvalue weighted by molar-refractivity contribution is -0.137. The van der Waals surface area contributed by atoms with E-state index < -0.39 is 11.7 Å². The van der Waals surface area contributed by atoms with Crippen LogP contribution in [0, 0.1) is 0 Å². The first-order valence-electron chi connectivity index (χ1n) is 7.04. The Morgan fingerprint density at radius 2 is 2.14 bits per heavy atom. The molecule has 1 fully saturated rings. The van der Waals surface area contributed by atoms with Gasteiger partial charge in [0.25, 0.3) is 0 Å². The zero-order chi connectivity index (χ0) is 16.3. The molecule has 0 N–H and O–H groups in total. The first-order chi connectivity index (χ1) is 10.3. The highest BCUT2D eigenvalue weighted by molar-refractivity contribution is 6.33. The zero-order valence-corrected chi connectivity index (χ0v) is 12.9. The minimum Gasteiger partial charge on any atom is -0.378 e. The molecule has 0 spiro atoms. The Labute approximate surface area is 132 Å². The summed E-state index contributed by atoms with van der Waals surface area (Å²) >= 11 is 5.94. The molecular formula is C15H17ClF3NO2. The van der Waals surface area contributed by atoms with Gasteiger partial charge in [0.1, 0.15) is 0 Å². The van der Waals surface area contributed by atoms with E-state index in [1.54, 1.807) is 0 Å². The van der Waals surface area contributed by atoms with E-state index in [1.807, 2.05) is 0 Å². The molecule has 3 nitrogen and oxygen atoms in total. The Morgan fingerprint density at radius 1 is 1.41 bits per heavy atom. The number of alkyl halides is 3. The van der Waals surface area contributed by atoms with E-state index in [0.717, 1.165) is 42.4 Å². The van der Waals surface area contributed by atoms with Crippen LogP contribution in [0.3, 0.4) is 0 Å². The average molecular weight is 336 g/mol. The summed E-state index contributed by atoms with van der Waals surface area (Å²) in [5, 5.41) is 0.105. The quantitative estimate of drug-likeness (QED) is 0.825. The van der Waals surface area contributed by atoms with Gasteiger partial charge in [-0.1, -0.05) is 11.6 Å². The predicted molar refractivity (Wildman–Crippen MR) is 78.1 cm³/mol. The van der Waals surface area contributed by atoms with Gasteiger partial charge in [0.05, 0.1) is 28.8 Å². The van der Waals surface area contributed by atoms with Crippen LogP contribution in [0.1, 0.15) is 31.2 Å². The Morgan fingerprint density at radius 3 is 2.73 bits per heavy atom. The van der Waals surface area contributed by atoms with Crippen LogP contribution in [-0.4, -0.2) is 25.7 Å². The van der Waals surface area contributed by atoms with Gasteiger partial charge in [0, 0.05) is 13.7 Å². The number of halogens is 4. The van der Waals surface area contributed by atoms with Crippen LogP contribution < -0.4 is 4.90 Å². The number of hydrogen-bond acceptors (Lipinski definition) is 2. The monoisotopic (exact) mass is 335 g/mol. The topological polar surface area (TPSA) is 29.5 Å². The van der Waals surface area contributed by atoms with Crippen LogP contribution in [-0.2, 0) is 15.7 Å². The van der Waals surface area contributed by atoms with Crippen molar-refractivity contribution in [3.05, 3.63) is 28.8 Å². The second-order valence-electron chi connectivity index (χ2n) is 5.31. The predicted octanol–water partition coefficient (Wildman–Crippen LogP) is 4.28. The van der Waals surface area contributed by atoms with Crippen LogP contribution in [0.15, 0.2) is 18.2 Å². The smallest absolute Gasteiger partial charge is 0.378 e. The fourth-order valence-corrected chi connectivity index (χ4v) is 2.62. The third-order valence-electron chi connectivity index (χ3n) is 3.69. The number of carbonyl (C=O) groups excluding carboxylic acids is 1. The van der Waals surface area contributed by atoms with Gasteiger partial charge in [-0.3, -0.25) is 4.79 Å². The van der Waals surface area contributed by atoms with Gasteiger partial charge in [-0.2, -0.15) is 13.2 Å². The molecule has 0 radical (unpaired) electrons. The fraction of sp³-hybridized carbons (Fsp3) is 0.533. The molecule has 1 heterocycles. The standard InChI is InChI=1S/C15H17ClF3NO2/c1-20(14(21)9-11-4-2-3-7-22-11)13-8-10(15(17,18)19)5-6-12(13)16/h5-6,8,11H,2-4,7,9H2,1H3. The van der Waals surface area contributed by atoms with Crippen molar-refractivity contribution in [1.82, 2.24) is 0 Å². The summed E-state index contributed by atoms with van der Waals surface area (Å²) in [6, 6.07) is 2.94. The minimum atomic E-state index is -4.48. The third-order valence-corrected chi connectivity index (χ3v) is 4.00. The molecule has 0 bridgehead atoms. The number of nitrogens with zero attached hydrogens (tertiary/aromatic N) is 1. The van der Waals surface area contributed by atoms with Gasteiger partial charge in [0.2, 0.25) is 5.91 Å².